The molecule has 0 amide bonds. The second-order valence-electron chi connectivity index (χ2n) is 7.94. The maximum Gasteiger partial charge on any atom is 0.160 e. The van der Waals surface area contributed by atoms with Crippen molar-refractivity contribution in [2.75, 3.05) is 0 Å². The summed E-state index contributed by atoms with van der Waals surface area (Å²) in [7, 11) is 0. The molecule has 2 aromatic heterocycles. The van der Waals surface area contributed by atoms with E-state index in [2.05, 4.69) is 97.1 Å². The molecule has 6 rings (SSSR count). The minimum atomic E-state index is 0.760. The average molecular weight is 429 g/mol. The van der Waals surface area contributed by atoms with Gasteiger partial charge >= 0.3 is 0 Å². The summed E-state index contributed by atoms with van der Waals surface area (Å²) >= 11 is 1.83. The molecule has 0 aliphatic rings. The van der Waals surface area contributed by atoms with Crippen molar-refractivity contribution in [1.82, 2.24) is 9.97 Å². The Morgan fingerprint density at radius 3 is 2.16 bits per heavy atom. The van der Waals surface area contributed by atoms with E-state index < -0.39 is 0 Å². The Balaban J connectivity index is 1.50. The summed E-state index contributed by atoms with van der Waals surface area (Å²) in [5, 5.41) is 2.62. The van der Waals surface area contributed by atoms with Crippen molar-refractivity contribution in [1.29, 1.82) is 0 Å². The summed E-state index contributed by atoms with van der Waals surface area (Å²) in [5.74, 6) is 0.760. The van der Waals surface area contributed by atoms with Crippen LogP contribution >= 0.6 is 11.3 Å². The number of aryl methyl sites for hydroxylation is 1. The summed E-state index contributed by atoms with van der Waals surface area (Å²) in [6.07, 6.45) is 0. The van der Waals surface area contributed by atoms with Gasteiger partial charge in [-0.2, -0.15) is 0 Å². The molecule has 0 fully saturated rings. The van der Waals surface area contributed by atoms with E-state index in [1.807, 2.05) is 24.3 Å². The lowest BCUT2D eigenvalue weighted by atomic mass is 9.99. The molecule has 0 aliphatic carbocycles. The van der Waals surface area contributed by atoms with Crippen LogP contribution in [0.1, 0.15) is 5.69 Å². The molecule has 4 aromatic carbocycles. The van der Waals surface area contributed by atoms with Gasteiger partial charge in [0.25, 0.3) is 0 Å². The zero-order chi connectivity index (χ0) is 21.5. The molecule has 2 heterocycles. The average Bonchev–Trinajstić information content (AvgIpc) is 3.22. The van der Waals surface area contributed by atoms with Crippen LogP contribution in [-0.4, -0.2) is 9.97 Å². The standard InChI is InChI=1S/C29H20N2S/c1-19-17-26(21-15-16-24-23-12-7-8-14-27(23)32-28(24)18-21)31-29(30-19)25-13-6-5-11-22(25)20-9-3-2-4-10-20/h2-18H,1H3. The molecule has 3 heteroatoms. The Kier molecular flexibility index (Phi) is 4.55. The van der Waals surface area contributed by atoms with E-state index in [-0.39, 0.29) is 0 Å². The molecular formula is C29H20N2S. The van der Waals surface area contributed by atoms with Crippen LogP contribution in [0, 0.1) is 6.92 Å². The van der Waals surface area contributed by atoms with Gasteiger partial charge in [-0.05, 0) is 36.2 Å². The van der Waals surface area contributed by atoms with Crippen LogP contribution < -0.4 is 0 Å². The van der Waals surface area contributed by atoms with Crippen LogP contribution in [0.3, 0.4) is 0 Å². The first-order chi connectivity index (χ1) is 15.8. The molecule has 0 bridgehead atoms. The Labute approximate surface area is 190 Å². The normalized spacial score (nSPS) is 11.3. The van der Waals surface area contributed by atoms with Crippen LogP contribution in [0.4, 0.5) is 0 Å². The maximum absolute atomic E-state index is 5.01. The minimum Gasteiger partial charge on any atom is -0.233 e. The molecule has 0 saturated carbocycles. The van der Waals surface area contributed by atoms with E-state index in [1.54, 1.807) is 0 Å². The number of thiophene rings is 1. The van der Waals surface area contributed by atoms with Gasteiger partial charge in [0.05, 0.1) is 5.69 Å². The predicted molar refractivity (Wildman–Crippen MR) is 136 cm³/mol. The number of benzene rings is 4. The Bertz CT molecular complexity index is 1580. The fraction of sp³-hybridized carbons (Fsp3) is 0.0345. The van der Waals surface area contributed by atoms with Crippen molar-refractivity contribution in [2.24, 2.45) is 0 Å². The fourth-order valence-corrected chi connectivity index (χ4v) is 5.41. The summed E-state index contributed by atoms with van der Waals surface area (Å²) < 4.78 is 2.60. The number of rotatable bonds is 3. The quantitative estimate of drug-likeness (QED) is 0.284. The first-order valence-electron chi connectivity index (χ1n) is 10.7. The number of hydrogen-bond acceptors (Lipinski definition) is 3. The Morgan fingerprint density at radius 2 is 1.28 bits per heavy atom. The van der Waals surface area contributed by atoms with Crippen molar-refractivity contribution < 1.29 is 0 Å². The molecule has 2 nitrogen and oxygen atoms in total. The van der Waals surface area contributed by atoms with Crippen molar-refractivity contribution in [3.05, 3.63) is 109 Å². The number of hydrogen-bond donors (Lipinski definition) is 0. The topological polar surface area (TPSA) is 25.8 Å². The first-order valence-corrected chi connectivity index (χ1v) is 11.5. The third kappa shape index (κ3) is 3.28. The number of fused-ring (bicyclic) bond motifs is 3. The second kappa shape index (κ2) is 7.70. The molecule has 0 saturated heterocycles. The molecule has 6 aromatic rings. The highest BCUT2D eigenvalue weighted by Gasteiger charge is 2.13. The predicted octanol–water partition coefficient (Wildman–Crippen LogP) is 8.15. The Hall–Kier alpha value is -3.82. The summed E-state index contributed by atoms with van der Waals surface area (Å²) in [6, 6.07) is 36.1. The molecule has 0 unspecified atom stereocenters. The van der Waals surface area contributed by atoms with E-state index in [9.17, 15) is 0 Å². The second-order valence-corrected chi connectivity index (χ2v) is 9.02. The van der Waals surface area contributed by atoms with Gasteiger partial charge in [0.2, 0.25) is 0 Å². The lowest BCUT2D eigenvalue weighted by Crippen LogP contribution is -1.96. The molecule has 0 N–H and O–H groups in total. The number of nitrogens with zero attached hydrogens (tertiary/aromatic N) is 2. The van der Waals surface area contributed by atoms with Gasteiger partial charge in [0.15, 0.2) is 5.82 Å². The van der Waals surface area contributed by atoms with Gasteiger partial charge in [0, 0.05) is 37.0 Å². The molecule has 0 atom stereocenters. The zero-order valence-corrected chi connectivity index (χ0v) is 18.4. The summed E-state index contributed by atoms with van der Waals surface area (Å²) in [5.41, 5.74) is 6.39. The van der Waals surface area contributed by atoms with Gasteiger partial charge in [-0.1, -0.05) is 84.9 Å². The summed E-state index contributed by atoms with van der Waals surface area (Å²) in [6.45, 7) is 2.04. The largest absolute Gasteiger partial charge is 0.233 e. The molecule has 152 valence electrons. The molecule has 0 spiro atoms. The van der Waals surface area contributed by atoms with Gasteiger partial charge in [0.1, 0.15) is 0 Å². The molecule has 32 heavy (non-hydrogen) atoms. The number of aromatic nitrogens is 2. The van der Waals surface area contributed by atoms with Crippen molar-refractivity contribution in [3.63, 3.8) is 0 Å². The van der Waals surface area contributed by atoms with Crippen LogP contribution in [0.15, 0.2) is 103 Å². The third-order valence-electron chi connectivity index (χ3n) is 5.78. The molecule has 0 radical (unpaired) electrons. The highest BCUT2D eigenvalue weighted by atomic mass is 32.1. The van der Waals surface area contributed by atoms with Crippen LogP contribution in [-0.2, 0) is 0 Å². The lowest BCUT2D eigenvalue weighted by Gasteiger charge is -2.11. The van der Waals surface area contributed by atoms with Gasteiger partial charge < -0.3 is 0 Å². The molecular weight excluding hydrogens is 408 g/mol. The van der Waals surface area contributed by atoms with Crippen molar-refractivity contribution in [3.8, 4) is 33.8 Å². The highest BCUT2D eigenvalue weighted by molar-refractivity contribution is 7.25. The highest BCUT2D eigenvalue weighted by Crippen LogP contribution is 2.37. The van der Waals surface area contributed by atoms with Gasteiger partial charge in [-0.15, -0.1) is 11.3 Å². The van der Waals surface area contributed by atoms with Crippen LogP contribution in [0.2, 0.25) is 0 Å². The van der Waals surface area contributed by atoms with E-state index in [1.165, 1.54) is 25.7 Å². The minimum absolute atomic E-state index is 0.760. The molecule has 0 aliphatic heterocycles. The van der Waals surface area contributed by atoms with E-state index in [4.69, 9.17) is 9.97 Å². The zero-order valence-electron chi connectivity index (χ0n) is 17.6. The van der Waals surface area contributed by atoms with Crippen LogP contribution in [0.5, 0.6) is 0 Å². The summed E-state index contributed by atoms with van der Waals surface area (Å²) in [4.78, 5) is 9.82. The van der Waals surface area contributed by atoms with Crippen LogP contribution in [0.25, 0.3) is 53.9 Å². The fourth-order valence-electron chi connectivity index (χ4n) is 4.27. The first kappa shape index (κ1) is 18.9. The van der Waals surface area contributed by atoms with Crippen molar-refractivity contribution in [2.45, 2.75) is 6.92 Å². The Morgan fingerprint density at radius 1 is 0.562 bits per heavy atom. The van der Waals surface area contributed by atoms with E-state index in [0.717, 1.165) is 33.9 Å². The lowest BCUT2D eigenvalue weighted by molar-refractivity contribution is 1.12. The SMILES string of the molecule is Cc1cc(-c2ccc3c(c2)sc2ccccc23)nc(-c2ccccc2-c2ccccc2)n1. The van der Waals surface area contributed by atoms with Gasteiger partial charge in [-0.25, -0.2) is 9.97 Å². The smallest absolute Gasteiger partial charge is 0.160 e. The maximum atomic E-state index is 5.01. The van der Waals surface area contributed by atoms with Crippen molar-refractivity contribution >= 4 is 31.5 Å². The van der Waals surface area contributed by atoms with E-state index >= 15 is 0 Å². The van der Waals surface area contributed by atoms with Gasteiger partial charge in [-0.3, -0.25) is 0 Å². The monoisotopic (exact) mass is 428 g/mol. The van der Waals surface area contributed by atoms with E-state index in [0.29, 0.717) is 0 Å². The third-order valence-corrected chi connectivity index (χ3v) is 6.92.